The summed E-state index contributed by atoms with van der Waals surface area (Å²) in [5, 5.41) is 13.8. The quantitative estimate of drug-likeness (QED) is 0.673. The fourth-order valence-corrected chi connectivity index (χ4v) is 4.19. The minimum atomic E-state index is 0.0443. The molecule has 0 atom stereocenters. The molecular formula is C22H24N4O2S. The van der Waals surface area contributed by atoms with Crippen LogP contribution in [0, 0.1) is 5.92 Å². The number of aromatic nitrogens is 2. The first-order valence-electron chi connectivity index (χ1n) is 9.76. The number of hydrogen-bond acceptors (Lipinski definition) is 6. The largest absolute Gasteiger partial charge is 0.497 e. The lowest BCUT2D eigenvalue weighted by Crippen LogP contribution is -2.40. The van der Waals surface area contributed by atoms with Crippen LogP contribution in [0.4, 0.5) is 5.82 Å². The van der Waals surface area contributed by atoms with Gasteiger partial charge in [0, 0.05) is 25.6 Å². The van der Waals surface area contributed by atoms with Gasteiger partial charge in [-0.05, 0) is 54.1 Å². The number of methoxy groups -OCH3 is 1. The number of amides is 1. The summed E-state index contributed by atoms with van der Waals surface area (Å²) in [6.07, 6.45) is 1.64. The van der Waals surface area contributed by atoms with E-state index in [0.717, 1.165) is 53.6 Å². The van der Waals surface area contributed by atoms with Gasteiger partial charge >= 0.3 is 0 Å². The predicted octanol–water partition coefficient (Wildman–Crippen LogP) is 3.75. The molecule has 0 aliphatic carbocycles. The van der Waals surface area contributed by atoms with Crippen molar-refractivity contribution in [2.24, 2.45) is 5.92 Å². The Kier molecular flexibility index (Phi) is 6.05. The Morgan fingerprint density at radius 1 is 1.14 bits per heavy atom. The Labute approximate surface area is 174 Å². The SMILES string of the molecule is COc1ccc(CNC(=O)C2CCN(c3ccc(-c4cccs4)nn3)CC2)cc1. The van der Waals surface area contributed by atoms with Crippen LogP contribution < -0.4 is 15.0 Å². The standard InChI is InChI=1S/C22H24N4O2S/c1-28-18-6-4-16(5-7-18)15-23-22(27)17-10-12-26(13-11-17)21-9-8-19(24-25-21)20-3-2-14-29-20/h2-9,14,17H,10-13,15H2,1H3,(H,23,27). The highest BCUT2D eigenvalue weighted by atomic mass is 32.1. The first-order valence-corrected chi connectivity index (χ1v) is 10.6. The van der Waals surface area contributed by atoms with Crippen LogP contribution in [-0.2, 0) is 11.3 Å². The van der Waals surface area contributed by atoms with Gasteiger partial charge in [-0.3, -0.25) is 4.79 Å². The number of nitrogens with zero attached hydrogens (tertiary/aromatic N) is 3. The van der Waals surface area contributed by atoms with Crippen molar-refractivity contribution >= 4 is 23.1 Å². The molecule has 0 bridgehead atoms. The van der Waals surface area contributed by atoms with Gasteiger partial charge in [0.15, 0.2) is 5.82 Å². The third-order valence-electron chi connectivity index (χ3n) is 5.24. The number of carbonyl (C=O) groups excluding carboxylic acids is 1. The number of anilines is 1. The minimum absolute atomic E-state index is 0.0443. The molecule has 1 aromatic carbocycles. The monoisotopic (exact) mass is 408 g/mol. The van der Waals surface area contributed by atoms with Gasteiger partial charge in [-0.2, -0.15) is 0 Å². The smallest absolute Gasteiger partial charge is 0.223 e. The Morgan fingerprint density at radius 2 is 1.93 bits per heavy atom. The van der Waals surface area contributed by atoms with Crippen molar-refractivity contribution in [3.63, 3.8) is 0 Å². The van der Waals surface area contributed by atoms with Crippen LogP contribution in [0.2, 0.25) is 0 Å². The maximum atomic E-state index is 12.5. The molecule has 1 aliphatic rings. The maximum Gasteiger partial charge on any atom is 0.223 e. The third-order valence-corrected chi connectivity index (χ3v) is 6.13. The van der Waals surface area contributed by atoms with Crippen LogP contribution in [0.5, 0.6) is 5.75 Å². The van der Waals surface area contributed by atoms with Gasteiger partial charge in [-0.1, -0.05) is 18.2 Å². The van der Waals surface area contributed by atoms with E-state index in [4.69, 9.17) is 4.74 Å². The van der Waals surface area contributed by atoms with E-state index in [2.05, 4.69) is 20.4 Å². The number of benzene rings is 1. The van der Waals surface area contributed by atoms with E-state index in [1.54, 1.807) is 18.4 Å². The summed E-state index contributed by atoms with van der Waals surface area (Å²) in [5.74, 6) is 1.86. The second-order valence-corrected chi connectivity index (χ2v) is 8.03. The normalized spacial score (nSPS) is 14.6. The number of carbonyl (C=O) groups is 1. The minimum Gasteiger partial charge on any atom is -0.497 e. The highest BCUT2D eigenvalue weighted by molar-refractivity contribution is 7.13. The molecule has 3 heterocycles. The van der Waals surface area contributed by atoms with E-state index in [1.807, 2.05) is 53.9 Å². The molecule has 1 N–H and O–H groups in total. The molecule has 6 nitrogen and oxygen atoms in total. The first-order chi connectivity index (χ1) is 14.2. The molecule has 1 amide bonds. The highest BCUT2D eigenvalue weighted by Gasteiger charge is 2.25. The zero-order valence-corrected chi connectivity index (χ0v) is 17.2. The van der Waals surface area contributed by atoms with Crippen molar-refractivity contribution in [3.05, 3.63) is 59.5 Å². The number of ether oxygens (including phenoxy) is 1. The van der Waals surface area contributed by atoms with Gasteiger partial charge in [0.2, 0.25) is 5.91 Å². The van der Waals surface area contributed by atoms with Crippen molar-refractivity contribution in [1.82, 2.24) is 15.5 Å². The van der Waals surface area contributed by atoms with Crippen LogP contribution in [-0.4, -0.2) is 36.3 Å². The zero-order chi connectivity index (χ0) is 20.1. The van der Waals surface area contributed by atoms with Gasteiger partial charge in [0.25, 0.3) is 0 Å². The average Bonchev–Trinajstić information content (AvgIpc) is 3.33. The van der Waals surface area contributed by atoms with E-state index in [9.17, 15) is 4.79 Å². The van der Waals surface area contributed by atoms with Crippen LogP contribution in [0.15, 0.2) is 53.9 Å². The Morgan fingerprint density at radius 3 is 2.55 bits per heavy atom. The number of thiophene rings is 1. The van der Waals surface area contributed by atoms with E-state index < -0.39 is 0 Å². The van der Waals surface area contributed by atoms with Crippen LogP contribution in [0.3, 0.4) is 0 Å². The molecule has 0 spiro atoms. The Hall–Kier alpha value is -2.93. The topological polar surface area (TPSA) is 67.3 Å². The van der Waals surface area contributed by atoms with E-state index in [1.165, 1.54) is 0 Å². The third kappa shape index (κ3) is 4.74. The molecule has 0 saturated carbocycles. The molecular weight excluding hydrogens is 384 g/mol. The molecule has 3 aromatic rings. The molecule has 0 radical (unpaired) electrons. The molecule has 1 saturated heterocycles. The number of piperidine rings is 1. The summed E-state index contributed by atoms with van der Waals surface area (Å²) in [7, 11) is 1.65. The molecule has 150 valence electrons. The molecule has 4 rings (SSSR count). The molecule has 0 unspecified atom stereocenters. The van der Waals surface area contributed by atoms with E-state index >= 15 is 0 Å². The highest BCUT2D eigenvalue weighted by Crippen LogP contribution is 2.25. The van der Waals surface area contributed by atoms with Crippen LogP contribution in [0.25, 0.3) is 10.6 Å². The molecule has 7 heteroatoms. The summed E-state index contributed by atoms with van der Waals surface area (Å²) >= 11 is 1.66. The second-order valence-electron chi connectivity index (χ2n) is 7.08. The van der Waals surface area contributed by atoms with Gasteiger partial charge in [-0.25, -0.2) is 0 Å². The van der Waals surface area contributed by atoms with Gasteiger partial charge in [0.05, 0.1) is 12.0 Å². The van der Waals surface area contributed by atoms with E-state index in [-0.39, 0.29) is 11.8 Å². The maximum absolute atomic E-state index is 12.5. The van der Waals surface area contributed by atoms with E-state index in [0.29, 0.717) is 6.54 Å². The summed E-state index contributed by atoms with van der Waals surface area (Å²) in [6, 6.07) is 15.9. The summed E-state index contributed by atoms with van der Waals surface area (Å²) in [5.41, 5.74) is 1.97. The fourth-order valence-electron chi connectivity index (χ4n) is 3.50. The lowest BCUT2D eigenvalue weighted by atomic mass is 9.96. The van der Waals surface area contributed by atoms with Gasteiger partial charge in [0.1, 0.15) is 11.4 Å². The average molecular weight is 409 g/mol. The number of rotatable bonds is 6. The van der Waals surface area contributed by atoms with Gasteiger partial charge in [-0.15, -0.1) is 21.5 Å². The predicted molar refractivity (Wildman–Crippen MR) is 115 cm³/mol. The van der Waals surface area contributed by atoms with Crippen molar-refractivity contribution in [1.29, 1.82) is 0 Å². The zero-order valence-electron chi connectivity index (χ0n) is 16.4. The molecule has 1 aliphatic heterocycles. The summed E-state index contributed by atoms with van der Waals surface area (Å²) in [6.45, 7) is 2.17. The lowest BCUT2D eigenvalue weighted by molar-refractivity contribution is -0.125. The molecule has 1 fully saturated rings. The van der Waals surface area contributed by atoms with Crippen LogP contribution in [0.1, 0.15) is 18.4 Å². The fraction of sp³-hybridized carbons (Fsp3) is 0.318. The molecule has 2 aromatic heterocycles. The van der Waals surface area contributed by atoms with Crippen LogP contribution >= 0.6 is 11.3 Å². The Bertz CT molecular complexity index is 918. The summed E-state index contributed by atoms with van der Waals surface area (Å²) in [4.78, 5) is 15.9. The van der Waals surface area contributed by atoms with Crippen molar-refractivity contribution in [3.8, 4) is 16.3 Å². The lowest BCUT2D eigenvalue weighted by Gasteiger charge is -2.31. The van der Waals surface area contributed by atoms with Crippen molar-refractivity contribution in [2.45, 2.75) is 19.4 Å². The first kappa shape index (κ1) is 19.4. The second kappa shape index (κ2) is 9.05. The van der Waals surface area contributed by atoms with Gasteiger partial charge < -0.3 is 15.0 Å². The van der Waals surface area contributed by atoms with Crippen molar-refractivity contribution in [2.75, 3.05) is 25.1 Å². The molecule has 29 heavy (non-hydrogen) atoms. The number of hydrogen-bond donors (Lipinski definition) is 1. The number of nitrogens with one attached hydrogen (secondary N) is 1. The summed E-state index contributed by atoms with van der Waals surface area (Å²) < 4.78 is 5.16. The van der Waals surface area contributed by atoms with Crippen molar-refractivity contribution < 1.29 is 9.53 Å². The Balaban J connectivity index is 1.26.